The number of halogens is 1. The molecule has 1 fully saturated rings. The number of nitrogens with zero attached hydrogens (tertiary/aromatic N) is 1. The lowest BCUT2D eigenvalue weighted by Gasteiger charge is -2.08. The lowest BCUT2D eigenvalue weighted by molar-refractivity contribution is -0.119. The summed E-state index contributed by atoms with van der Waals surface area (Å²) in [4.78, 5) is 15.1. The molecule has 1 aliphatic heterocycles. The van der Waals surface area contributed by atoms with Crippen LogP contribution in [0.15, 0.2) is 18.3 Å². The summed E-state index contributed by atoms with van der Waals surface area (Å²) in [6, 6.07) is 2.50. The van der Waals surface area contributed by atoms with Crippen LogP contribution >= 0.6 is 0 Å². The molecule has 0 aliphatic carbocycles. The van der Waals surface area contributed by atoms with Gasteiger partial charge in [0.05, 0.1) is 29.3 Å². The second-order valence-electron chi connectivity index (χ2n) is 3.96. The number of nitrogens with one attached hydrogen (secondary N) is 1. The average molecular weight is 258 g/mol. The molecule has 1 aliphatic rings. The zero-order valence-electron chi connectivity index (χ0n) is 8.89. The average Bonchev–Trinajstić information content (AvgIpc) is 2.62. The van der Waals surface area contributed by atoms with Crippen molar-refractivity contribution in [3.05, 3.63) is 24.3 Å². The molecule has 2 heterocycles. The molecule has 2 rings (SSSR count). The van der Waals surface area contributed by atoms with Crippen LogP contribution in [-0.4, -0.2) is 30.8 Å². The third-order valence-electron chi connectivity index (χ3n) is 2.60. The number of amides is 1. The van der Waals surface area contributed by atoms with Gasteiger partial charge >= 0.3 is 0 Å². The Hall–Kier alpha value is -1.50. The minimum absolute atomic E-state index is 0.0484. The minimum Gasteiger partial charge on any atom is -0.324 e. The molecule has 92 valence electrons. The van der Waals surface area contributed by atoms with Gasteiger partial charge in [-0.2, -0.15) is 4.39 Å². The van der Waals surface area contributed by atoms with Crippen molar-refractivity contribution in [3.63, 3.8) is 0 Å². The molecule has 17 heavy (non-hydrogen) atoms. The van der Waals surface area contributed by atoms with Gasteiger partial charge in [0.1, 0.15) is 0 Å². The van der Waals surface area contributed by atoms with E-state index in [1.54, 1.807) is 0 Å². The molecule has 1 unspecified atom stereocenters. The maximum atomic E-state index is 12.5. The van der Waals surface area contributed by atoms with E-state index in [0.717, 1.165) is 6.07 Å². The van der Waals surface area contributed by atoms with Gasteiger partial charge in [-0.15, -0.1) is 0 Å². The maximum absolute atomic E-state index is 12.5. The fraction of sp³-hybridized carbons (Fsp3) is 0.400. The van der Waals surface area contributed by atoms with Crippen LogP contribution in [0.5, 0.6) is 0 Å². The molecule has 1 N–H and O–H groups in total. The maximum Gasteiger partial charge on any atom is 0.228 e. The molecule has 0 saturated carbocycles. The van der Waals surface area contributed by atoms with Gasteiger partial charge in [-0.25, -0.2) is 13.4 Å². The summed E-state index contributed by atoms with van der Waals surface area (Å²) in [5, 5.41) is 2.52. The van der Waals surface area contributed by atoms with Crippen molar-refractivity contribution in [1.29, 1.82) is 0 Å². The van der Waals surface area contributed by atoms with Crippen molar-refractivity contribution in [2.24, 2.45) is 5.92 Å². The molecule has 0 aromatic carbocycles. The van der Waals surface area contributed by atoms with Gasteiger partial charge in [-0.1, -0.05) is 0 Å². The summed E-state index contributed by atoms with van der Waals surface area (Å²) in [5.41, 5.74) is 0.362. The minimum atomic E-state index is -3.08. The summed E-state index contributed by atoms with van der Waals surface area (Å²) in [6.07, 6.45) is 1.53. The molecule has 1 atom stereocenters. The Morgan fingerprint density at radius 1 is 1.47 bits per heavy atom. The standard InChI is InChI=1S/C10H11FN2O3S/c11-9-2-1-8(5-12-9)13-10(14)7-3-4-17(15,16)6-7/h1-2,5,7H,3-4,6H2,(H,13,14). The third-order valence-corrected chi connectivity index (χ3v) is 4.37. The SMILES string of the molecule is O=C(Nc1ccc(F)nc1)C1CCS(=O)(=O)C1. The Kier molecular flexibility index (Phi) is 3.10. The van der Waals surface area contributed by atoms with Crippen molar-refractivity contribution in [2.75, 3.05) is 16.8 Å². The number of hydrogen-bond donors (Lipinski definition) is 1. The van der Waals surface area contributed by atoms with E-state index in [2.05, 4.69) is 10.3 Å². The molecule has 0 radical (unpaired) electrons. The lowest BCUT2D eigenvalue weighted by Crippen LogP contribution is -2.23. The third kappa shape index (κ3) is 3.00. The Balaban J connectivity index is 2.01. The van der Waals surface area contributed by atoms with Crippen LogP contribution in [0.4, 0.5) is 10.1 Å². The Labute approximate surface area is 98.0 Å². The molecular weight excluding hydrogens is 247 g/mol. The highest BCUT2D eigenvalue weighted by atomic mass is 32.2. The van der Waals surface area contributed by atoms with Gasteiger partial charge < -0.3 is 5.32 Å². The van der Waals surface area contributed by atoms with E-state index in [1.807, 2.05) is 0 Å². The predicted molar refractivity (Wildman–Crippen MR) is 59.6 cm³/mol. The lowest BCUT2D eigenvalue weighted by atomic mass is 10.1. The van der Waals surface area contributed by atoms with E-state index in [-0.39, 0.29) is 17.4 Å². The van der Waals surface area contributed by atoms with Crippen LogP contribution in [0.2, 0.25) is 0 Å². The van der Waals surface area contributed by atoms with E-state index >= 15 is 0 Å². The Morgan fingerprint density at radius 3 is 2.76 bits per heavy atom. The quantitative estimate of drug-likeness (QED) is 0.788. The van der Waals surface area contributed by atoms with Crippen LogP contribution in [0.25, 0.3) is 0 Å². The van der Waals surface area contributed by atoms with Crippen molar-refractivity contribution in [2.45, 2.75) is 6.42 Å². The van der Waals surface area contributed by atoms with Crippen LogP contribution in [0.3, 0.4) is 0 Å². The molecule has 1 aromatic heterocycles. The number of anilines is 1. The molecule has 1 amide bonds. The van der Waals surface area contributed by atoms with Gasteiger partial charge in [-0.3, -0.25) is 4.79 Å². The van der Waals surface area contributed by atoms with Crippen LogP contribution < -0.4 is 5.32 Å². The van der Waals surface area contributed by atoms with Crippen molar-refractivity contribution in [3.8, 4) is 0 Å². The highest BCUT2D eigenvalue weighted by Crippen LogP contribution is 2.20. The topological polar surface area (TPSA) is 76.1 Å². The first-order valence-electron chi connectivity index (χ1n) is 5.09. The Morgan fingerprint density at radius 2 is 2.24 bits per heavy atom. The molecule has 7 heteroatoms. The molecule has 1 aromatic rings. The second kappa shape index (κ2) is 4.40. The van der Waals surface area contributed by atoms with Gasteiger partial charge in [0.25, 0.3) is 0 Å². The molecule has 1 saturated heterocycles. The van der Waals surface area contributed by atoms with Crippen molar-refractivity contribution in [1.82, 2.24) is 4.98 Å². The van der Waals surface area contributed by atoms with Gasteiger partial charge in [0, 0.05) is 0 Å². The first kappa shape index (κ1) is 12.0. The largest absolute Gasteiger partial charge is 0.324 e. The number of carbonyl (C=O) groups is 1. The summed E-state index contributed by atoms with van der Waals surface area (Å²) >= 11 is 0. The number of sulfone groups is 1. The monoisotopic (exact) mass is 258 g/mol. The molecule has 0 spiro atoms. The Bertz CT molecular complexity index is 527. The normalized spacial score (nSPS) is 22.3. The first-order chi connectivity index (χ1) is 7.96. The number of rotatable bonds is 2. The van der Waals surface area contributed by atoms with Gasteiger partial charge in [0.15, 0.2) is 9.84 Å². The van der Waals surface area contributed by atoms with E-state index in [1.165, 1.54) is 12.3 Å². The molecular formula is C10H11FN2O3S. The van der Waals surface area contributed by atoms with E-state index in [4.69, 9.17) is 0 Å². The van der Waals surface area contributed by atoms with Gasteiger partial charge in [-0.05, 0) is 18.6 Å². The second-order valence-corrected chi connectivity index (χ2v) is 6.19. The summed E-state index contributed by atoms with van der Waals surface area (Å²) in [6.45, 7) is 0. The highest BCUT2D eigenvalue weighted by molar-refractivity contribution is 7.91. The van der Waals surface area contributed by atoms with Crippen molar-refractivity contribution < 1.29 is 17.6 Å². The van der Waals surface area contributed by atoms with Crippen LogP contribution in [0.1, 0.15) is 6.42 Å². The fourth-order valence-corrected chi connectivity index (χ4v) is 3.44. The smallest absolute Gasteiger partial charge is 0.228 e. The van der Waals surface area contributed by atoms with Gasteiger partial charge in [0.2, 0.25) is 11.9 Å². The first-order valence-corrected chi connectivity index (χ1v) is 6.91. The van der Waals surface area contributed by atoms with E-state index < -0.39 is 21.7 Å². The summed E-state index contributed by atoms with van der Waals surface area (Å²) in [5.74, 6) is -1.59. The number of hydrogen-bond acceptors (Lipinski definition) is 4. The number of pyridine rings is 1. The zero-order valence-corrected chi connectivity index (χ0v) is 9.71. The summed E-state index contributed by atoms with van der Waals surface area (Å²) < 4.78 is 34.9. The number of aromatic nitrogens is 1. The summed E-state index contributed by atoms with van der Waals surface area (Å²) in [7, 11) is -3.08. The zero-order chi connectivity index (χ0) is 12.5. The molecule has 0 bridgehead atoms. The van der Waals surface area contributed by atoms with Crippen LogP contribution in [-0.2, 0) is 14.6 Å². The number of carbonyl (C=O) groups excluding carboxylic acids is 1. The van der Waals surface area contributed by atoms with E-state index in [0.29, 0.717) is 12.1 Å². The van der Waals surface area contributed by atoms with E-state index in [9.17, 15) is 17.6 Å². The van der Waals surface area contributed by atoms with Crippen LogP contribution in [0, 0.1) is 11.9 Å². The van der Waals surface area contributed by atoms with Crippen molar-refractivity contribution >= 4 is 21.4 Å². The highest BCUT2D eigenvalue weighted by Gasteiger charge is 2.32. The predicted octanol–water partition coefficient (Wildman–Crippen LogP) is 0.594. The molecule has 5 nitrogen and oxygen atoms in total. The fourth-order valence-electron chi connectivity index (χ4n) is 1.70.